The molecule has 0 aliphatic rings. The number of anilines is 1. The fourth-order valence-electron chi connectivity index (χ4n) is 3.12. The van der Waals surface area contributed by atoms with Gasteiger partial charge in [-0.15, -0.1) is 0 Å². The number of carbonyl (C=O) groups is 2. The van der Waals surface area contributed by atoms with E-state index in [0.29, 0.717) is 34.3 Å². The Labute approximate surface area is 149 Å². The van der Waals surface area contributed by atoms with Crippen LogP contribution in [0.1, 0.15) is 33.3 Å². The molecule has 0 aliphatic carbocycles. The zero-order chi connectivity index (χ0) is 19.2. The van der Waals surface area contributed by atoms with Crippen LogP contribution >= 0.6 is 0 Å². The molecule has 3 aromatic rings. The number of aryl methyl sites for hydroxylation is 1. The Kier molecular flexibility index (Phi) is 4.03. The number of carbonyl (C=O) groups excluding carboxylic acids is 2. The molecule has 0 unspecified atom stereocenters. The molecule has 0 spiro atoms. The summed E-state index contributed by atoms with van der Waals surface area (Å²) in [6, 6.07) is 4.92. The van der Waals surface area contributed by atoms with Crippen LogP contribution in [-0.2, 0) is 6.54 Å². The minimum absolute atomic E-state index is 0.0371. The highest BCUT2D eigenvalue weighted by Gasteiger charge is 2.25. The van der Waals surface area contributed by atoms with E-state index in [4.69, 9.17) is 17.2 Å². The van der Waals surface area contributed by atoms with Gasteiger partial charge in [0.2, 0.25) is 0 Å². The minimum Gasteiger partial charge on any atom is -0.508 e. The first-order valence-electron chi connectivity index (χ1n) is 7.98. The molecule has 7 N–H and O–H groups in total. The van der Waals surface area contributed by atoms with E-state index < -0.39 is 11.8 Å². The quantitative estimate of drug-likeness (QED) is 0.560. The summed E-state index contributed by atoms with van der Waals surface area (Å²) >= 11 is 0. The van der Waals surface area contributed by atoms with Crippen LogP contribution < -0.4 is 17.2 Å². The number of pyridine rings is 1. The second-order valence-corrected chi connectivity index (χ2v) is 5.95. The van der Waals surface area contributed by atoms with Crippen LogP contribution in [0.2, 0.25) is 0 Å². The predicted octanol–water partition coefficient (Wildman–Crippen LogP) is 1.52. The highest BCUT2D eigenvalue weighted by molar-refractivity contribution is 6.16. The van der Waals surface area contributed by atoms with Gasteiger partial charge in [-0.25, -0.2) is 4.98 Å². The van der Waals surface area contributed by atoms with Gasteiger partial charge in [0, 0.05) is 23.7 Å². The average molecular weight is 353 g/mol. The van der Waals surface area contributed by atoms with Gasteiger partial charge in [0.05, 0.1) is 11.3 Å². The lowest BCUT2D eigenvalue weighted by atomic mass is 9.94. The van der Waals surface area contributed by atoms with E-state index in [0.717, 1.165) is 0 Å². The number of hydrogen-bond acceptors (Lipinski definition) is 5. The number of benzene rings is 1. The molecular weight excluding hydrogens is 334 g/mol. The summed E-state index contributed by atoms with van der Waals surface area (Å²) in [5, 5.41) is 10.5. The molecule has 0 atom stereocenters. The smallest absolute Gasteiger partial charge is 0.269 e. The van der Waals surface area contributed by atoms with E-state index >= 15 is 0 Å². The van der Waals surface area contributed by atoms with Crippen molar-refractivity contribution in [3.8, 4) is 16.9 Å². The lowest BCUT2D eigenvalue weighted by Gasteiger charge is -2.15. The first-order chi connectivity index (χ1) is 12.3. The van der Waals surface area contributed by atoms with Gasteiger partial charge in [-0.2, -0.15) is 0 Å². The standard InChI is InChI=1S/C18H19N5O3/c1-3-23-7-10(16(20)25)13-12(9-5-4-6-11(24)8(9)2)14(19)15(17(21)26)22-18(13)23/h4-7,24H,3,19H2,1-2H3,(H2,20,25)(H2,21,26). The Morgan fingerprint density at radius 2 is 1.92 bits per heavy atom. The first-order valence-corrected chi connectivity index (χ1v) is 7.98. The number of phenolic OH excluding ortho intramolecular Hbond substituents is 1. The summed E-state index contributed by atoms with van der Waals surface area (Å²) in [4.78, 5) is 28.2. The Balaban J connectivity index is 2.59. The molecule has 0 aliphatic heterocycles. The zero-order valence-corrected chi connectivity index (χ0v) is 14.4. The number of rotatable bonds is 4. The van der Waals surface area contributed by atoms with E-state index in [9.17, 15) is 14.7 Å². The number of aromatic nitrogens is 2. The molecule has 2 amide bonds. The molecule has 2 aromatic heterocycles. The number of primary amides is 2. The van der Waals surface area contributed by atoms with Gasteiger partial charge >= 0.3 is 0 Å². The average Bonchev–Trinajstić information content (AvgIpc) is 2.95. The van der Waals surface area contributed by atoms with Gasteiger partial charge in [0.25, 0.3) is 11.8 Å². The first kappa shape index (κ1) is 17.3. The van der Waals surface area contributed by atoms with Crippen LogP contribution in [-0.4, -0.2) is 26.5 Å². The van der Waals surface area contributed by atoms with Gasteiger partial charge in [-0.3, -0.25) is 9.59 Å². The summed E-state index contributed by atoms with van der Waals surface area (Å²) in [7, 11) is 0. The lowest BCUT2D eigenvalue weighted by Crippen LogP contribution is -2.17. The fraction of sp³-hybridized carbons (Fsp3) is 0.167. The van der Waals surface area contributed by atoms with E-state index in [1.807, 2.05) is 6.92 Å². The summed E-state index contributed by atoms with van der Waals surface area (Å²) in [5.41, 5.74) is 19.3. The Morgan fingerprint density at radius 3 is 2.50 bits per heavy atom. The van der Waals surface area contributed by atoms with Crippen molar-refractivity contribution in [1.29, 1.82) is 0 Å². The van der Waals surface area contributed by atoms with Crippen LogP contribution in [0.5, 0.6) is 5.75 Å². The maximum absolute atomic E-state index is 12.0. The molecule has 0 fully saturated rings. The third-order valence-corrected chi connectivity index (χ3v) is 4.46. The maximum atomic E-state index is 12.0. The molecule has 3 rings (SSSR count). The Bertz CT molecular complexity index is 1070. The third kappa shape index (κ3) is 2.43. The molecule has 134 valence electrons. The van der Waals surface area contributed by atoms with Crippen molar-refractivity contribution in [1.82, 2.24) is 9.55 Å². The molecule has 0 saturated carbocycles. The molecule has 8 nitrogen and oxygen atoms in total. The molecule has 26 heavy (non-hydrogen) atoms. The van der Waals surface area contributed by atoms with Gasteiger partial charge in [-0.1, -0.05) is 12.1 Å². The number of nitrogen functional groups attached to an aromatic ring is 1. The maximum Gasteiger partial charge on any atom is 0.269 e. The van der Waals surface area contributed by atoms with Crippen LogP contribution in [0.4, 0.5) is 5.69 Å². The summed E-state index contributed by atoms with van der Waals surface area (Å²) in [6.07, 6.45) is 1.58. The molecule has 0 radical (unpaired) electrons. The monoisotopic (exact) mass is 353 g/mol. The fourth-order valence-corrected chi connectivity index (χ4v) is 3.12. The number of nitrogens with two attached hydrogens (primary N) is 3. The molecular formula is C18H19N5O3. The number of hydrogen-bond donors (Lipinski definition) is 4. The SMILES string of the molecule is CCn1cc(C(N)=O)c2c(-c3cccc(O)c3C)c(N)c(C(N)=O)nc21. The molecule has 8 heteroatoms. The molecule has 1 aromatic carbocycles. The second-order valence-electron chi connectivity index (χ2n) is 5.95. The summed E-state index contributed by atoms with van der Waals surface area (Å²) in [6.45, 7) is 4.07. The number of nitrogens with zero attached hydrogens (tertiary/aromatic N) is 2. The van der Waals surface area contributed by atoms with E-state index in [1.54, 1.807) is 29.8 Å². The van der Waals surface area contributed by atoms with Crippen molar-refractivity contribution >= 4 is 28.5 Å². The normalized spacial score (nSPS) is 11.0. The Morgan fingerprint density at radius 1 is 1.23 bits per heavy atom. The molecule has 0 bridgehead atoms. The number of fused-ring (bicyclic) bond motifs is 1. The minimum atomic E-state index is -0.784. The predicted molar refractivity (Wildman–Crippen MR) is 98.7 cm³/mol. The van der Waals surface area contributed by atoms with Crippen molar-refractivity contribution in [3.05, 3.63) is 41.2 Å². The van der Waals surface area contributed by atoms with E-state index in [1.165, 1.54) is 6.07 Å². The highest BCUT2D eigenvalue weighted by Crippen LogP contribution is 2.40. The number of aromatic hydroxyl groups is 1. The number of amides is 2. The van der Waals surface area contributed by atoms with Gasteiger partial charge in [-0.05, 0) is 31.0 Å². The van der Waals surface area contributed by atoms with E-state index in [2.05, 4.69) is 4.98 Å². The second kappa shape index (κ2) is 6.07. The third-order valence-electron chi connectivity index (χ3n) is 4.46. The van der Waals surface area contributed by atoms with E-state index in [-0.39, 0.29) is 22.7 Å². The zero-order valence-electron chi connectivity index (χ0n) is 14.4. The van der Waals surface area contributed by atoms with Gasteiger partial charge in [0.15, 0.2) is 5.69 Å². The molecule has 0 saturated heterocycles. The van der Waals surface area contributed by atoms with Crippen molar-refractivity contribution in [2.75, 3.05) is 5.73 Å². The van der Waals surface area contributed by atoms with Crippen LogP contribution in [0.15, 0.2) is 24.4 Å². The van der Waals surface area contributed by atoms with Crippen molar-refractivity contribution in [3.63, 3.8) is 0 Å². The topological polar surface area (TPSA) is 150 Å². The molecule has 2 heterocycles. The lowest BCUT2D eigenvalue weighted by molar-refractivity contribution is 0.0991. The Hall–Kier alpha value is -3.55. The van der Waals surface area contributed by atoms with Crippen LogP contribution in [0.3, 0.4) is 0 Å². The highest BCUT2D eigenvalue weighted by atomic mass is 16.3. The van der Waals surface area contributed by atoms with Gasteiger partial charge in [0.1, 0.15) is 11.4 Å². The van der Waals surface area contributed by atoms with Crippen molar-refractivity contribution < 1.29 is 14.7 Å². The van der Waals surface area contributed by atoms with Crippen LogP contribution in [0.25, 0.3) is 22.2 Å². The van der Waals surface area contributed by atoms with Crippen LogP contribution in [0, 0.1) is 6.92 Å². The largest absolute Gasteiger partial charge is 0.508 e. The number of phenols is 1. The summed E-state index contributed by atoms with van der Waals surface area (Å²) < 4.78 is 1.70. The van der Waals surface area contributed by atoms with Crippen molar-refractivity contribution in [2.45, 2.75) is 20.4 Å². The summed E-state index contributed by atoms with van der Waals surface area (Å²) in [5.74, 6) is -1.37. The van der Waals surface area contributed by atoms with Crippen molar-refractivity contribution in [2.24, 2.45) is 11.5 Å². The van der Waals surface area contributed by atoms with Gasteiger partial charge < -0.3 is 26.9 Å².